The molecule has 3 amide bonds. The van der Waals surface area contributed by atoms with E-state index in [0.717, 1.165) is 96.3 Å². The van der Waals surface area contributed by atoms with Crippen molar-refractivity contribution in [3.05, 3.63) is 278 Å². The molecular weight excluding hydrogens is 1800 g/mol. The number of hydrogen-bond donors (Lipinski definition) is 8. The number of aromatic nitrogens is 16. The van der Waals surface area contributed by atoms with Gasteiger partial charge in [-0.3, -0.25) is 52.3 Å². The highest BCUT2D eigenvalue weighted by atomic mass is 32.2. The van der Waals surface area contributed by atoms with Crippen LogP contribution in [0.15, 0.2) is 256 Å². The highest BCUT2D eigenvalue weighted by Crippen LogP contribution is 2.42. The molecule has 2 saturated carbocycles. The number of nitrogens with zero attached hydrogens (tertiary/aromatic N) is 17. The van der Waals surface area contributed by atoms with Crippen LogP contribution in [0.1, 0.15) is 108 Å². The predicted molar refractivity (Wildman–Crippen MR) is 530 cm³/mol. The number of para-hydroxylation sites is 3. The number of ether oxygens (including phenoxy) is 4. The van der Waals surface area contributed by atoms with E-state index >= 15 is 0 Å². The number of fused-ring (bicyclic) bond motifs is 4. The fraction of sp³-hybridized carbons (Fsp3) is 0.267. The average Bonchev–Trinajstić information content (AvgIpc) is 1.61. The molecule has 8 aromatic heterocycles. The van der Waals surface area contributed by atoms with E-state index in [0.29, 0.717) is 155 Å². The van der Waals surface area contributed by atoms with Gasteiger partial charge in [0.25, 0.3) is 28.1 Å². The topological polar surface area (TPSA) is 517 Å². The van der Waals surface area contributed by atoms with Gasteiger partial charge >= 0.3 is 0 Å². The van der Waals surface area contributed by atoms with Gasteiger partial charge in [0.1, 0.15) is 96.7 Å². The molecule has 6 aliphatic rings. The molecule has 2 aliphatic carbocycles. The number of allylic oxidation sites excluding steroid dienone is 1. The molecule has 39 heteroatoms. The van der Waals surface area contributed by atoms with Gasteiger partial charge in [-0.1, -0.05) is 80.4 Å². The molecule has 6 fully saturated rings. The van der Waals surface area contributed by atoms with Crippen LogP contribution in [0, 0.1) is 17.2 Å². The fourth-order valence-corrected chi connectivity index (χ4v) is 19.5. The van der Waals surface area contributed by atoms with Crippen LogP contribution in [0.5, 0.6) is 40.2 Å². The van der Waals surface area contributed by atoms with Crippen LogP contribution in [0.3, 0.4) is 0 Å². The number of aromatic amines is 4. The molecule has 12 N–H and O–H groups in total. The lowest BCUT2D eigenvalue weighted by atomic mass is 10.0. The largest absolute Gasteiger partial charge is 0.490 e. The number of nitrogen functional groups attached to an aromatic ring is 4. The molecule has 38 nitrogen and oxygen atoms in total. The fourth-order valence-electron chi connectivity index (χ4n) is 18.5. The van der Waals surface area contributed by atoms with Crippen molar-refractivity contribution >= 4 is 94.6 Å². The Morgan fingerprint density at radius 3 is 1.04 bits per heavy atom. The number of benzene rings is 7. The first-order chi connectivity index (χ1) is 68.0. The van der Waals surface area contributed by atoms with E-state index in [4.69, 9.17) is 62.3 Å². The summed E-state index contributed by atoms with van der Waals surface area (Å²) >= 11 is 0. The van der Waals surface area contributed by atoms with Gasteiger partial charge in [0.2, 0.25) is 21.8 Å². The van der Waals surface area contributed by atoms with Crippen molar-refractivity contribution in [2.24, 2.45) is 5.92 Å². The van der Waals surface area contributed by atoms with Gasteiger partial charge in [-0.15, -0.1) is 0 Å². The van der Waals surface area contributed by atoms with Gasteiger partial charge in [-0.05, 0) is 235 Å². The summed E-state index contributed by atoms with van der Waals surface area (Å²) in [6.07, 6.45) is 16.3. The zero-order valence-electron chi connectivity index (χ0n) is 76.3. The Balaban J connectivity index is 0.000000124. The first-order valence-corrected chi connectivity index (χ1v) is 47.7. The van der Waals surface area contributed by atoms with Crippen molar-refractivity contribution < 1.29 is 41.7 Å². The van der Waals surface area contributed by atoms with Crippen molar-refractivity contribution in [3.8, 4) is 91.3 Å². The Kier molecular flexibility index (Phi) is 27.4. The maximum Gasteiger partial charge on any atom is 0.290 e. The molecule has 0 radical (unpaired) electrons. The van der Waals surface area contributed by atoms with Gasteiger partial charge in [0.15, 0.2) is 23.3 Å². The lowest BCUT2D eigenvalue weighted by Gasteiger charge is -2.33. The molecule has 0 bridgehead atoms. The van der Waals surface area contributed by atoms with E-state index in [1.165, 1.54) is 29.3 Å². The van der Waals surface area contributed by atoms with Gasteiger partial charge in [-0.2, -0.15) is 50.4 Å². The summed E-state index contributed by atoms with van der Waals surface area (Å²) in [5.41, 5.74) is 30.0. The van der Waals surface area contributed by atoms with Crippen LogP contribution in [-0.4, -0.2) is 184 Å². The minimum absolute atomic E-state index is 0.121. The lowest BCUT2D eigenvalue weighted by molar-refractivity contribution is -0.128. The van der Waals surface area contributed by atoms with E-state index in [2.05, 4.69) is 66.6 Å². The molecular formula is C101H101N25O13S. The Hall–Kier alpha value is -16.9. The highest BCUT2D eigenvalue weighted by Gasteiger charge is 2.37. The van der Waals surface area contributed by atoms with Crippen molar-refractivity contribution in [3.63, 3.8) is 0 Å². The number of carbonyl (C=O) groups excluding carboxylic acids is 3. The number of H-pyrrole nitrogens is 4. The van der Waals surface area contributed by atoms with Crippen LogP contribution in [-0.2, 0) is 24.4 Å². The molecule has 12 heterocycles. The zero-order chi connectivity index (χ0) is 97.4. The summed E-state index contributed by atoms with van der Waals surface area (Å²) in [6.45, 7) is 14.1. The number of sulfonamides is 1. The van der Waals surface area contributed by atoms with Crippen molar-refractivity contribution in [1.29, 1.82) is 5.26 Å². The maximum absolute atomic E-state index is 13.1. The van der Waals surface area contributed by atoms with E-state index in [1.54, 1.807) is 39.5 Å². The highest BCUT2D eigenvalue weighted by molar-refractivity contribution is 7.92. The van der Waals surface area contributed by atoms with Crippen molar-refractivity contribution in [1.82, 2.24) is 98.9 Å². The maximum atomic E-state index is 13.1. The van der Waals surface area contributed by atoms with Crippen LogP contribution in [0.2, 0.25) is 0 Å². The van der Waals surface area contributed by atoms with Crippen LogP contribution in [0.4, 0.5) is 23.3 Å². The summed E-state index contributed by atoms with van der Waals surface area (Å²) in [7, 11) is -3.59. The number of rotatable bonds is 22. The van der Waals surface area contributed by atoms with Crippen LogP contribution >= 0.6 is 0 Å². The van der Waals surface area contributed by atoms with Crippen LogP contribution in [0.25, 0.3) is 88.6 Å². The summed E-state index contributed by atoms with van der Waals surface area (Å²) in [5.74, 6) is 5.47. The summed E-state index contributed by atoms with van der Waals surface area (Å²) in [6, 6.07) is 59.4. The third-order valence-corrected chi connectivity index (χ3v) is 27.1. The van der Waals surface area contributed by atoms with E-state index in [9.17, 15) is 47.2 Å². The molecule has 0 unspecified atom stereocenters. The van der Waals surface area contributed by atoms with E-state index < -0.39 is 21.1 Å². The SMILES string of the molecule is C=CC(=O)N1CCC[C@@H](n2nc(-c3ccc(OC4CCCC4)cc3)c3c(N)n[nH]c(=O)c32)C1.C=CC(=O)N1CC[C@@H](n2nc(-c3ccc(Oc4ccccc4)cc3)c3c(N)n[nH]c(=O)c32)C1.C=CS(=O)(=O)N1CCC[C@@H](n2nc(-c3ccc(Oc4ccccc4)cc3)c3c(N)n[nH]c(=O)c32)C1.N#CC(=CC1CC1)C(=O)N1CCC[C@@H](n2nc(-c3ccc(Oc4ccccc4)cc3)c3c(N)n[nH]c(=O)c32)C1. The quantitative estimate of drug-likeness (QED) is 0.0231. The van der Waals surface area contributed by atoms with Crippen LogP contribution < -0.4 is 64.1 Å². The molecule has 4 saturated heterocycles. The minimum atomic E-state index is -3.59. The molecule has 4 aliphatic heterocycles. The minimum Gasteiger partial charge on any atom is -0.490 e. The number of piperidine rings is 3. The average molecular weight is 1910 g/mol. The number of nitriles is 1. The molecule has 714 valence electrons. The summed E-state index contributed by atoms with van der Waals surface area (Å²) < 4.78 is 56.5. The predicted octanol–water partition coefficient (Wildman–Crippen LogP) is 13.6. The number of amides is 3. The summed E-state index contributed by atoms with van der Waals surface area (Å²) in [5, 5.41) is 57.3. The second kappa shape index (κ2) is 41.0. The molecule has 7 aromatic carbocycles. The second-order valence-electron chi connectivity index (χ2n) is 34.8. The molecule has 4 atom stereocenters. The zero-order valence-corrected chi connectivity index (χ0v) is 77.1. The number of nitrogens with two attached hydrogens (primary N) is 4. The smallest absolute Gasteiger partial charge is 0.290 e. The second-order valence-corrected chi connectivity index (χ2v) is 36.7. The monoisotopic (exact) mass is 1900 g/mol. The lowest BCUT2D eigenvalue weighted by Crippen LogP contribution is -2.41. The third-order valence-electron chi connectivity index (χ3n) is 25.6. The van der Waals surface area contributed by atoms with Crippen molar-refractivity contribution in [2.45, 2.75) is 114 Å². The third kappa shape index (κ3) is 20.1. The van der Waals surface area contributed by atoms with Crippen molar-refractivity contribution in [2.75, 3.05) is 75.3 Å². The number of carbonyl (C=O) groups is 3. The first-order valence-electron chi connectivity index (χ1n) is 46.2. The first kappa shape index (κ1) is 93.5. The van der Waals surface area contributed by atoms with E-state index in [-0.39, 0.29) is 100 Å². The normalized spacial score (nSPS) is 17.3. The molecule has 0 spiro atoms. The van der Waals surface area contributed by atoms with Gasteiger partial charge in [0, 0.05) is 80.0 Å². The Morgan fingerprint density at radius 1 is 0.386 bits per heavy atom. The molecule has 15 aromatic rings. The Bertz CT molecular complexity index is 7640. The molecule has 21 rings (SSSR count). The summed E-state index contributed by atoms with van der Waals surface area (Å²) in [4.78, 5) is 93.8. The Morgan fingerprint density at radius 2 is 0.700 bits per heavy atom. The van der Waals surface area contributed by atoms with E-state index in [1.807, 2.05) is 188 Å². The Labute approximate surface area is 800 Å². The number of nitrogens with one attached hydrogen (secondary N) is 4. The van der Waals surface area contributed by atoms with Gasteiger partial charge in [-0.25, -0.2) is 28.8 Å². The number of anilines is 4. The molecule has 140 heavy (non-hydrogen) atoms. The van der Waals surface area contributed by atoms with Gasteiger partial charge in [0.05, 0.1) is 51.8 Å². The standard InChI is InChI=1S/C29H27N7O3.C24H24N6O4S.C24H28N6O3.C24H22N6O3/c30-16-20(15-18-8-9-18)29(38)35-14-4-5-21(17-35)36-26-24(27(31)32-33-28(26)37)25(34-36)19-10-12-23(13-11-19)39-22-6-2-1-3-7-22;1-2-35(32,33)29-14-6-7-17(15-29)30-22-20(23(25)26-27-24(22)31)21(28-30)16-10-12-19(13-11-16)34-18-8-4-3-5-9-18;1-2-19(31)29-13-5-6-16(14-29)30-22-20(23(25)26-27-24(22)32)21(28-30)15-9-11-18(12-10-15)33-17-7-3-4-8-17;1-2-19(31)29-13-12-16(14-29)30-22-20(23(25)26-27-24(22)32)21(28-30)15-8-10-18(11-9-15)33-17-6-4-3-5-7-17/h1-3,6-7,10-13,15,18,21H,4-5,8-9,14,17H2,(H2,31,32)(H,33,37);2-5,8-13,17H,1,6-7,14-15H2,(H2,25,26)(H,27,31);2,9-12,16-17H,1,3-8,13-14H2,(H2,25,26)(H,27,32);2-11,16H,1,12-14H2,(H2,25,26)(H,27,32)/t21-;17-;2*16-/m1111/s1. The number of hydrogen-bond acceptors (Lipinski definition) is 26. The van der Waals surface area contributed by atoms with Gasteiger partial charge < -0.3 is 56.6 Å². The number of likely N-dealkylation sites (tertiary alicyclic amines) is 3.